The van der Waals surface area contributed by atoms with Crippen molar-refractivity contribution in [2.24, 2.45) is 0 Å². The minimum Gasteiger partial charge on any atom is -0.444 e. The first kappa shape index (κ1) is 13.2. The number of nitrogens with zero attached hydrogens (tertiary/aromatic N) is 1. The summed E-state index contributed by atoms with van der Waals surface area (Å²) in [5.74, 6) is 0. The zero-order valence-electron chi connectivity index (χ0n) is 9.61. The number of rotatable bonds is 1. The SMILES string of the molecule is CC(C)(C)OC(=O)N1C[C@@H](O)C[C@@H]1C(F)F. The molecule has 1 N–H and O–H groups in total. The third kappa shape index (κ3) is 3.30. The molecule has 0 aromatic heterocycles. The molecule has 2 atom stereocenters. The molecule has 1 aliphatic heterocycles. The highest BCUT2D eigenvalue weighted by atomic mass is 19.3. The Hall–Kier alpha value is -0.910. The summed E-state index contributed by atoms with van der Waals surface area (Å²) in [6.07, 6.45) is -4.46. The molecule has 0 unspecified atom stereocenters. The van der Waals surface area contributed by atoms with Crippen molar-refractivity contribution in [3.05, 3.63) is 0 Å². The Labute approximate surface area is 93.2 Å². The Bertz CT molecular complexity index is 265. The number of likely N-dealkylation sites (tertiary alicyclic amines) is 1. The van der Waals surface area contributed by atoms with Crippen molar-refractivity contribution in [2.75, 3.05) is 6.54 Å². The van der Waals surface area contributed by atoms with Gasteiger partial charge in [-0.25, -0.2) is 13.6 Å². The Morgan fingerprint density at radius 3 is 2.50 bits per heavy atom. The molecule has 0 bridgehead atoms. The van der Waals surface area contributed by atoms with Crippen LogP contribution in [0.1, 0.15) is 27.2 Å². The average molecular weight is 237 g/mol. The largest absolute Gasteiger partial charge is 0.444 e. The molecular weight excluding hydrogens is 220 g/mol. The van der Waals surface area contributed by atoms with Crippen LogP contribution < -0.4 is 0 Å². The van der Waals surface area contributed by atoms with Crippen LogP contribution in [0.2, 0.25) is 0 Å². The third-order valence-corrected chi connectivity index (χ3v) is 2.24. The van der Waals surface area contributed by atoms with E-state index in [-0.39, 0.29) is 13.0 Å². The number of β-amino-alcohol motifs (C(OH)–C–C–N with tert-alkyl or cyclic N) is 1. The van der Waals surface area contributed by atoms with Gasteiger partial charge in [0, 0.05) is 6.42 Å². The fraction of sp³-hybridized carbons (Fsp3) is 0.900. The third-order valence-electron chi connectivity index (χ3n) is 2.24. The summed E-state index contributed by atoms with van der Waals surface area (Å²) in [5, 5.41) is 9.28. The summed E-state index contributed by atoms with van der Waals surface area (Å²) in [5.41, 5.74) is -0.725. The van der Waals surface area contributed by atoms with Crippen LogP contribution in [0.5, 0.6) is 0 Å². The highest BCUT2D eigenvalue weighted by molar-refractivity contribution is 5.69. The van der Waals surface area contributed by atoms with E-state index in [1.807, 2.05) is 0 Å². The quantitative estimate of drug-likeness (QED) is 0.754. The van der Waals surface area contributed by atoms with Crippen molar-refractivity contribution in [1.29, 1.82) is 0 Å². The van der Waals surface area contributed by atoms with Crippen LogP contribution in [0.3, 0.4) is 0 Å². The lowest BCUT2D eigenvalue weighted by Crippen LogP contribution is -2.43. The summed E-state index contributed by atoms with van der Waals surface area (Å²) in [7, 11) is 0. The smallest absolute Gasteiger partial charge is 0.410 e. The van der Waals surface area contributed by atoms with Crippen molar-refractivity contribution in [3.63, 3.8) is 0 Å². The highest BCUT2D eigenvalue weighted by Gasteiger charge is 2.41. The molecule has 1 rings (SSSR count). The van der Waals surface area contributed by atoms with E-state index < -0.39 is 30.3 Å². The number of aliphatic hydroxyl groups excluding tert-OH is 1. The standard InChI is InChI=1S/C10H17F2NO3/c1-10(2,3)16-9(15)13-5-6(14)4-7(13)8(11)12/h6-8,14H,4-5H2,1-3H3/t6-,7+/m0/s1. The Kier molecular flexibility index (Phi) is 3.72. The number of ether oxygens (including phenoxy) is 1. The number of amides is 1. The lowest BCUT2D eigenvalue weighted by atomic mass is 10.2. The second kappa shape index (κ2) is 4.53. The number of hydrogen-bond acceptors (Lipinski definition) is 3. The molecule has 0 aromatic rings. The number of carbonyl (C=O) groups is 1. The summed E-state index contributed by atoms with van der Waals surface area (Å²) < 4.78 is 30.2. The summed E-state index contributed by atoms with van der Waals surface area (Å²) in [6, 6.07) is -1.25. The van der Waals surface area contributed by atoms with Crippen LogP contribution in [0, 0.1) is 0 Å². The first-order valence-electron chi connectivity index (χ1n) is 5.16. The van der Waals surface area contributed by atoms with Gasteiger partial charge in [-0.1, -0.05) is 0 Å². The van der Waals surface area contributed by atoms with Gasteiger partial charge in [-0.05, 0) is 20.8 Å². The van der Waals surface area contributed by atoms with E-state index in [2.05, 4.69) is 0 Å². The van der Waals surface area contributed by atoms with Gasteiger partial charge in [0.05, 0.1) is 18.7 Å². The average Bonchev–Trinajstić information content (AvgIpc) is 2.44. The van der Waals surface area contributed by atoms with E-state index in [1.165, 1.54) is 0 Å². The number of alkyl halides is 2. The molecule has 0 spiro atoms. The molecule has 94 valence electrons. The predicted molar refractivity (Wildman–Crippen MR) is 53.4 cm³/mol. The topological polar surface area (TPSA) is 49.8 Å². The molecule has 6 heteroatoms. The van der Waals surface area contributed by atoms with Crippen LogP contribution >= 0.6 is 0 Å². The number of carbonyl (C=O) groups excluding carboxylic acids is 1. The molecule has 1 aliphatic rings. The Morgan fingerprint density at radius 2 is 2.06 bits per heavy atom. The van der Waals surface area contributed by atoms with Crippen LogP contribution in [0.4, 0.5) is 13.6 Å². The molecule has 0 radical (unpaired) electrons. The van der Waals surface area contributed by atoms with Crippen LogP contribution in [-0.4, -0.2) is 46.8 Å². The Balaban J connectivity index is 2.67. The van der Waals surface area contributed by atoms with Gasteiger partial charge in [-0.15, -0.1) is 0 Å². The molecule has 0 saturated carbocycles. The lowest BCUT2D eigenvalue weighted by Gasteiger charge is -2.27. The minimum absolute atomic E-state index is 0.0933. The molecule has 16 heavy (non-hydrogen) atoms. The lowest BCUT2D eigenvalue weighted by molar-refractivity contribution is -0.00250. The highest BCUT2D eigenvalue weighted by Crippen LogP contribution is 2.25. The van der Waals surface area contributed by atoms with Crippen molar-refractivity contribution < 1.29 is 23.4 Å². The molecule has 0 aromatic carbocycles. The monoisotopic (exact) mass is 237 g/mol. The van der Waals surface area contributed by atoms with E-state index in [1.54, 1.807) is 20.8 Å². The molecule has 1 amide bonds. The van der Waals surface area contributed by atoms with Gasteiger partial charge < -0.3 is 9.84 Å². The Morgan fingerprint density at radius 1 is 1.50 bits per heavy atom. The van der Waals surface area contributed by atoms with E-state index >= 15 is 0 Å². The van der Waals surface area contributed by atoms with Crippen molar-refractivity contribution in [2.45, 2.75) is 51.4 Å². The molecule has 4 nitrogen and oxygen atoms in total. The maximum Gasteiger partial charge on any atom is 0.410 e. The van der Waals surface area contributed by atoms with Gasteiger partial charge in [0.2, 0.25) is 0 Å². The van der Waals surface area contributed by atoms with E-state index in [9.17, 15) is 18.7 Å². The van der Waals surface area contributed by atoms with Gasteiger partial charge in [0.1, 0.15) is 5.60 Å². The summed E-state index contributed by atoms with van der Waals surface area (Å²) >= 11 is 0. The summed E-state index contributed by atoms with van der Waals surface area (Å²) in [4.78, 5) is 12.5. The molecule has 1 fully saturated rings. The number of halogens is 2. The second-order valence-electron chi connectivity index (χ2n) is 4.92. The van der Waals surface area contributed by atoms with E-state index in [0.717, 1.165) is 4.90 Å². The van der Waals surface area contributed by atoms with Gasteiger partial charge in [0.25, 0.3) is 6.43 Å². The van der Waals surface area contributed by atoms with Crippen LogP contribution in [-0.2, 0) is 4.74 Å². The molecule has 1 saturated heterocycles. The molecule has 0 aliphatic carbocycles. The van der Waals surface area contributed by atoms with E-state index in [4.69, 9.17) is 4.74 Å². The van der Waals surface area contributed by atoms with Gasteiger partial charge in [-0.2, -0.15) is 0 Å². The predicted octanol–water partition coefficient (Wildman–Crippen LogP) is 1.62. The van der Waals surface area contributed by atoms with Crippen molar-refractivity contribution in [1.82, 2.24) is 4.90 Å². The fourth-order valence-corrected chi connectivity index (χ4v) is 1.61. The van der Waals surface area contributed by atoms with Crippen molar-refractivity contribution in [3.8, 4) is 0 Å². The molecule has 1 heterocycles. The van der Waals surface area contributed by atoms with Gasteiger partial charge in [-0.3, -0.25) is 4.90 Å². The maximum absolute atomic E-state index is 12.6. The minimum atomic E-state index is -2.66. The number of hydrogen-bond donors (Lipinski definition) is 1. The first-order valence-corrected chi connectivity index (χ1v) is 5.16. The van der Waals surface area contributed by atoms with Gasteiger partial charge in [0.15, 0.2) is 0 Å². The zero-order valence-corrected chi connectivity index (χ0v) is 9.61. The van der Waals surface area contributed by atoms with Gasteiger partial charge >= 0.3 is 6.09 Å². The fourth-order valence-electron chi connectivity index (χ4n) is 1.61. The zero-order chi connectivity index (χ0) is 12.5. The van der Waals surface area contributed by atoms with Crippen molar-refractivity contribution >= 4 is 6.09 Å². The summed E-state index contributed by atoms with van der Waals surface area (Å²) in [6.45, 7) is 4.89. The number of aliphatic hydroxyl groups is 1. The molecular formula is C10H17F2NO3. The maximum atomic E-state index is 12.6. The van der Waals surface area contributed by atoms with E-state index in [0.29, 0.717) is 0 Å². The second-order valence-corrected chi connectivity index (χ2v) is 4.92. The first-order chi connectivity index (χ1) is 7.20. The normalized spacial score (nSPS) is 26.3. The van der Waals surface area contributed by atoms with Crippen LogP contribution in [0.25, 0.3) is 0 Å². The van der Waals surface area contributed by atoms with Crippen LogP contribution in [0.15, 0.2) is 0 Å².